The van der Waals surface area contributed by atoms with Gasteiger partial charge in [0.15, 0.2) is 0 Å². The molecule has 4 nitrogen and oxygen atoms in total. The highest BCUT2D eigenvalue weighted by atomic mass is 79.9. The van der Waals surface area contributed by atoms with Crippen molar-refractivity contribution in [3.05, 3.63) is 52.5 Å². The molecule has 0 aliphatic rings. The first kappa shape index (κ1) is 45.6. The summed E-state index contributed by atoms with van der Waals surface area (Å²) < 4.78 is 8.29. The van der Waals surface area contributed by atoms with Crippen molar-refractivity contribution in [3.8, 4) is 0 Å². The molecule has 0 bridgehead atoms. The Morgan fingerprint density at radius 2 is 0.750 bits per heavy atom. The summed E-state index contributed by atoms with van der Waals surface area (Å²) in [5, 5.41) is 3.80. The second kappa shape index (κ2) is 23.9. The van der Waals surface area contributed by atoms with E-state index in [1.54, 1.807) is 22.7 Å². The second-order valence-corrected chi connectivity index (χ2v) is 21.7. The van der Waals surface area contributed by atoms with E-state index < -0.39 is 0 Å². The third-order valence-corrected chi connectivity index (χ3v) is 15.6. The number of thiophene rings is 2. The van der Waals surface area contributed by atoms with E-state index >= 15 is 0 Å². The summed E-state index contributed by atoms with van der Waals surface area (Å²) in [7, 11) is 0. The number of pyridine rings is 2. The highest BCUT2D eigenvalue weighted by molar-refractivity contribution is 9.11. The molecular weight excluding hydrogens is 860 g/mol. The van der Waals surface area contributed by atoms with Crippen molar-refractivity contribution in [1.82, 2.24) is 9.13 Å². The van der Waals surface area contributed by atoms with Crippen molar-refractivity contribution >= 4 is 96.5 Å². The molecule has 0 fully saturated rings. The molecule has 0 amide bonds. The second-order valence-electron chi connectivity index (χ2n) is 16.8. The molecule has 4 heterocycles. The summed E-state index contributed by atoms with van der Waals surface area (Å²) in [5.74, 6) is 0.934. The van der Waals surface area contributed by atoms with Crippen molar-refractivity contribution in [2.45, 2.75) is 195 Å². The Morgan fingerprint density at radius 1 is 0.446 bits per heavy atom. The van der Waals surface area contributed by atoms with Gasteiger partial charge in [-0.3, -0.25) is 9.59 Å². The van der Waals surface area contributed by atoms with Crippen LogP contribution in [-0.4, -0.2) is 9.13 Å². The number of rotatable bonds is 28. The predicted octanol–water partition coefficient (Wildman–Crippen LogP) is 16.9. The Bertz CT molecular complexity index is 1930. The largest absolute Gasteiger partial charge is 0.307 e. The van der Waals surface area contributed by atoms with Crippen LogP contribution in [0.5, 0.6) is 0 Å². The van der Waals surface area contributed by atoms with Gasteiger partial charge in [-0.1, -0.05) is 156 Å². The quantitative estimate of drug-likeness (QED) is 0.0370. The maximum atomic E-state index is 14.6. The van der Waals surface area contributed by atoms with Crippen LogP contribution in [0, 0.1) is 11.8 Å². The van der Waals surface area contributed by atoms with Gasteiger partial charge in [0.05, 0.1) is 38.8 Å². The van der Waals surface area contributed by atoms with E-state index in [2.05, 4.69) is 80.8 Å². The molecule has 1 aromatic carbocycles. The molecule has 56 heavy (non-hydrogen) atoms. The fraction of sp³-hybridized carbons (Fsp3) is 0.667. The maximum absolute atomic E-state index is 14.6. The highest BCUT2D eigenvalue weighted by Gasteiger charge is 2.22. The average Bonchev–Trinajstić information content (AvgIpc) is 3.79. The summed E-state index contributed by atoms with van der Waals surface area (Å²) >= 11 is 10.8. The van der Waals surface area contributed by atoms with Crippen LogP contribution < -0.4 is 11.1 Å². The van der Waals surface area contributed by atoms with Crippen molar-refractivity contribution in [2.24, 2.45) is 11.8 Å². The third kappa shape index (κ3) is 12.3. The molecule has 2 unspecified atom stereocenters. The van der Waals surface area contributed by atoms with E-state index in [9.17, 15) is 9.59 Å². The highest BCUT2D eigenvalue weighted by Crippen LogP contribution is 2.40. The lowest BCUT2D eigenvalue weighted by Crippen LogP contribution is -2.26. The molecule has 0 N–H and O–H groups in total. The molecule has 4 aromatic heterocycles. The monoisotopic (exact) mass is 928 g/mol. The Hall–Kier alpha value is -1.48. The van der Waals surface area contributed by atoms with E-state index in [0.29, 0.717) is 11.8 Å². The number of hydrogen-bond acceptors (Lipinski definition) is 4. The van der Waals surface area contributed by atoms with Crippen LogP contribution >= 0.6 is 54.5 Å². The molecule has 5 rings (SSSR count). The standard InChI is InChI=1S/C48H70Br2N2O2S2/c1-5-9-13-17-19-23-27-35(25-21-15-11-7-3)33-51-41-29-38-42(30-37(41)45-39(47(51)53)31-43(49)55-45)52(48(54)40-32-44(50)56-46(38)40)34-36(26-22-16-12-8-4)28-24-20-18-14-10-6-2/h29-32,35-36H,5-28,33-34H2,1-4H3. The van der Waals surface area contributed by atoms with Crippen LogP contribution in [0.2, 0.25) is 0 Å². The SMILES string of the molecule is CCCCCCCCC(CCCCCC)Cn1c(=O)c2cc(Br)sc2c2cc3c(cc21)c1sc(Br)cc1c(=O)n3CC(CCCCCC)CCCCCCCC. The first-order valence-electron chi connectivity index (χ1n) is 22.7. The molecule has 0 radical (unpaired) electrons. The van der Waals surface area contributed by atoms with Gasteiger partial charge in [-0.15, -0.1) is 22.7 Å². The Morgan fingerprint density at radius 3 is 1.09 bits per heavy atom. The molecule has 310 valence electrons. The Labute approximate surface area is 362 Å². The summed E-state index contributed by atoms with van der Waals surface area (Å²) in [6, 6.07) is 8.66. The summed E-state index contributed by atoms with van der Waals surface area (Å²) in [6.07, 6.45) is 30.2. The molecular formula is C48H70Br2N2O2S2. The Kier molecular flexibility index (Phi) is 19.5. The molecule has 2 atom stereocenters. The third-order valence-electron chi connectivity index (χ3n) is 12.3. The number of fused-ring (bicyclic) bond motifs is 6. The molecule has 0 aliphatic heterocycles. The van der Waals surface area contributed by atoms with E-state index in [0.717, 1.165) is 62.6 Å². The van der Waals surface area contributed by atoms with E-state index in [-0.39, 0.29) is 11.1 Å². The van der Waals surface area contributed by atoms with Crippen LogP contribution in [0.15, 0.2) is 41.4 Å². The normalized spacial score (nSPS) is 13.2. The van der Waals surface area contributed by atoms with Crippen molar-refractivity contribution in [2.75, 3.05) is 0 Å². The van der Waals surface area contributed by atoms with E-state index in [1.807, 2.05) is 12.1 Å². The minimum absolute atomic E-state index is 0.123. The van der Waals surface area contributed by atoms with Crippen LogP contribution in [0.3, 0.4) is 0 Å². The summed E-state index contributed by atoms with van der Waals surface area (Å²) in [6.45, 7) is 10.6. The van der Waals surface area contributed by atoms with Gasteiger partial charge in [-0.25, -0.2) is 0 Å². The maximum Gasteiger partial charge on any atom is 0.259 e. The number of halogens is 2. The van der Waals surface area contributed by atoms with Gasteiger partial charge in [-0.05, 0) is 93.6 Å². The fourth-order valence-electron chi connectivity index (χ4n) is 9.02. The number of aromatic nitrogens is 2. The van der Waals surface area contributed by atoms with Crippen LogP contribution in [-0.2, 0) is 13.1 Å². The fourth-order valence-corrected chi connectivity index (χ4v) is 12.2. The zero-order valence-electron chi connectivity index (χ0n) is 35.1. The lowest BCUT2D eigenvalue weighted by atomic mass is 9.93. The predicted molar refractivity (Wildman–Crippen MR) is 257 cm³/mol. The number of hydrogen-bond donors (Lipinski definition) is 0. The van der Waals surface area contributed by atoms with Gasteiger partial charge in [-0.2, -0.15) is 0 Å². The summed E-state index contributed by atoms with van der Waals surface area (Å²) in [4.78, 5) is 29.2. The minimum atomic E-state index is 0.123. The number of benzene rings is 1. The molecule has 0 saturated carbocycles. The smallest absolute Gasteiger partial charge is 0.259 e. The van der Waals surface area contributed by atoms with Crippen molar-refractivity contribution in [1.29, 1.82) is 0 Å². The van der Waals surface area contributed by atoms with E-state index in [4.69, 9.17) is 0 Å². The van der Waals surface area contributed by atoms with Crippen LogP contribution in [0.25, 0.3) is 42.0 Å². The zero-order valence-corrected chi connectivity index (χ0v) is 39.9. The molecule has 0 spiro atoms. The van der Waals surface area contributed by atoms with Crippen molar-refractivity contribution < 1.29 is 0 Å². The van der Waals surface area contributed by atoms with Crippen LogP contribution in [0.4, 0.5) is 0 Å². The first-order valence-corrected chi connectivity index (χ1v) is 25.9. The van der Waals surface area contributed by atoms with Gasteiger partial charge >= 0.3 is 0 Å². The van der Waals surface area contributed by atoms with E-state index in [1.165, 1.54) is 154 Å². The number of nitrogens with zero attached hydrogens (tertiary/aromatic N) is 2. The molecule has 0 saturated heterocycles. The lowest BCUT2D eigenvalue weighted by molar-refractivity contribution is 0.358. The topological polar surface area (TPSA) is 44.0 Å². The summed E-state index contributed by atoms with van der Waals surface area (Å²) in [5.41, 5.74) is 2.28. The lowest BCUT2D eigenvalue weighted by Gasteiger charge is -2.22. The molecule has 5 aromatic rings. The minimum Gasteiger partial charge on any atom is -0.307 e. The first-order chi connectivity index (χ1) is 27.3. The van der Waals surface area contributed by atoms with Gasteiger partial charge in [0.2, 0.25) is 0 Å². The zero-order chi connectivity index (χ0) is 39.9. The number of unbranched alkanes of at least 4 members (excludes halogenated alkanes) is 16. The van der Waals surface area contributed by atoms with Gasteiger partial charge in [0, 0.05) is 23.9 Å². The van der Waals surface area contributed by atoms with Gasteiger partial charge in [0.25, 0.3) is 11.1 Å². The van der Waals surface area contributed by atoms with Crippen molar-refractivity contribution in [3.63, 3.8) is 0 Å². The van der Waals surface area contributed by atoms with Gasteiger partial charge < -0.3 is 9.13 Å². The molecule has 8 heteroatoms. The molecule has 0 aliphatic carbocycles. The average molecular weight is 931 g/mol. The van der Waals surface area contributed by atoms with Crippen LogP contribution in [0.1, 0.15) is 182 Å². The van der Waals surface area contributed by atoms with Gasteiger partial charge in [0.1, 0.15) is 0 Å². The Balaban J connectivity index is 1.60.